The van der Waals surface area contributed by atoms with E-state index in [1.807, 2.05) is 6.92 Å². The smallest absolute Gasteiger partial charge is 0.324 e. The van der Waals surface area contributed by atoms with Crippen LogP contribution in [0.5, 0.6) is 0 Å². The molecule has 1 aliphatic heterocycles. The lowest BCUT2D eigenvalue weighted by Crippen LogP contribution is -2.56. The second-order valence-electron chi connectivity index (χ2n) is 3.02. The molecule has 1 fully saturated rings. The zero-order valence-electron chi connectivity index (χ0n) is 7.59. The number of ether oxygens (including phenoxy) is 1. The van der Waals surface area contributed by atoms with E-state index in [0.29, 0.717) is 19.2 Å². The van der Waals surface area contributed by atoms with Crippen molar-refractivity contribution in [3.8, 4) is 0 Å². The standard InChI is InChI=1S/C8H16N2O2/c1-3-12-8(11)7-5-9-6(2)4-10-7/h6-7,9-10H,3-5H2,1-2H3. The first-order valence-electron chi connectivity index (χ1n) is 4.37. The summed E-state index contributed by atoms with van der Waals surface area (Å²) in [6.07, 6.45) is 0. The predicted molar refractivity (Wildman–Crippen MR) is 45.9 cm³/mol. The van der Waals surface area contributed by atoms with Gasteiger partial charge in [-0.2, -0.15) is 0 Å². The van der Waals surface area contributed by atoms with Gasteiger partial charge >= 0.3 is 5.97 Å². The summed E-state index contributed by atoms with van der Waals surface area (Å²) in [4.78, 5) is 11.2. The first-order valence-corrected chi connectivity index (χ1v) is 4.37. The molecule has 0 aliphatic carbocycles. The highest BCUT2D eigenvalue weighted by Crippen LogP contribution is 1.95. The number of carbonyl (C=O) groups excluding carboxylic acids is 1. The maximum Gasteiger partial charge on any atom is 0.324 e. The van der Waals surface area contributed by atoms with Crippen molar-refractivity contribution >= 4 is 5.97 Å². The number of hydrogen-bond acceptors (Lipinski definition) is 4. The molecule has 1 heterocycles. The molecule has 2 unspecified atom stereocenters. The van der Waals surface area contributed by atoms with Crippen LogP contribution in [0.3, 0.4) is 0 Å². The van der Waals surface area contributed by atoms with E-state index in [-0.39, 0.29) is 12.0 Å². The van der Waals surface area contributed by atoms with E-state index >= 15 is 0 Å². The topological polar surface area (TPSA) is 50.4 Å². The molecule has 0 saturated carbocycles. The van der Waals surface area contributed by atoms with Crippen LogP contribution in [0.1, 0.15) is 13.8 Å². The molecule has 0 aromatic carbocycles. The van der Waals surface area contributed by atoms with Crippen LogP contribution in [-0.4, -0.2) is 37.7 Å². The predicted octanol–water partition coefficient (Wildman–Crippen LogP) is -0.501. The highest BCUT2D eigenvalue weighted by atomic mass is 16.5. The van der Waals surface area contributed by atoms with Crippen molar-refractivity contribution in [3.63, 3.8) is 0 Å². The minimum absolute atomic E-state index is 0.156. The molecule has 0 aromatic rings. The lowest BCUT2D eigenvalue weighted by atomic mass is 10.2. The minimum Gasteiger partial charge on any atom is -0.465 e. The van der Waals surface area contributed by atoms with Crippen molar-refractivity contribution in [2.45, 2.75) is 25.9 Å². The SMILES string of the molecule is CCOC(=O)C1CNC(C)CN1. The molecular formula is C8H16N2O2. The zero-order chi connectivity index (χ0) is 8.97. The van der Waals surface area contributed by atoms with Gasteiger partial charge in [0, 0.05) is 19.1 Å². The van der Waals surface area contributed by atoms with E-state index < -0.39 is 0 Å². The summed E-state index contributed by atoms with van der Waals surface area (Å²) in [5.41, 5.74) is 0. The summed E-state index contributed by atoms with van der Waals surface area (Å²) in [7, 11) is 0. The van der Waals surface area contributed by atoms with Gasteiger partial charge in [0.25, 0.3) is 0 Å². The summed E-state index contributed by atoms with van der Waals surface area (Å²) in [6, 6.07) is 0.275. The Balaban J connectivity index is 2.29. The number of nitrogens with one attached hydrogen (secondary N) is 2. The molecule has 2 atom stereocenters. The first kappa shape index (κ1) is 9.48. The van der Waals surface area contributed by atoms with Crippen molar-refractivity contribution in [2.24, 2.45) is 0 Å². The lowest BCUT2D eigenvalue weighted by Gasteiger charge is -2.27. The molecule has 1 aliphatic rings. The highest BCUT2D eigenvalue weighted by molar-refractivity contribution is 5.76. The summed E-state index contributed by atoms with van der Waals surface area (Å²) >= 11 is 0. The number of piperazine rings is 1. The Morgan fingerprint density at radius 2 is 2.25 bits per heavy atom. The normalized spacial score (nSPS) is 29.8. The summed E-state index contributed by atoms with van der Waals surface area (Å²) in [6.45, 7) is 5.83. The van der Waals surface area contributed by atoms with Gasteiger partial charge in [-0.05, 0) is 13.8 Å². The van der Waals surface area contributed by atoms with Crippen molar-refractivity contribution in [2.75, 3.05) is 19.7 Å². The Bertz CT molecular complexity index is 153. The van der Waals surface area contributed by atoms with Crippen molar-refractivity contribution < 1.29 is 9.53 Å². The fourth-order valence-corrected chi connectivity index (χ4v) is 1.19. The molecular weight excluding hydrogens is 156 g/mol. The summed E-state index contributed by atoms with van der Waals surface area (Å²) in [5, 5.41) is 6.32. The lowest BCUT2D eigenvalue weighted by molar-refractivity contribution is -0.145. The monoisotopic (exact) mass is 172 g/mol. The number of rotatable bonds is 2. The third-order valence-corrected chi connectivity index (χ3v) is 1.91. The summed E-state index contributed by atoms with van der Waals surface area (Å²) in [5.74, 6) is -0.156. The quantitative estimate of drug-likeness (QED) is 0.551. The van der Waals surface area contributed by atoms with Crippen LogP contribution in [0.25, 0.3) is 0 Å². The molecule has 1 rings (SSSR count). The first-order chi connectivity index (χ1) is 5.74. The van der Waals surface area contributed by atoms with Gasteiger partial charge in [-0.15, -0.1) is 0 Å². The second-order valence-corrected chi connectivity index (χ2v) is 3.02. The van der Waals surface area contributed by atoms with E-state index in [2.05, 4.69) is 17.6 Å². The second kappa shape index (κ2) is 4.42. The average Bonchev–Trinajstić information content (AvgIpc) is 2.06. The average molecular weight is 172 g/mol. The van der Waals surface area contributed by atoms with Gasteiger partial charge < -0.3 is 15.4 Å². The minimum atomic E-state index is -0.166. The van der Waals surface area contributed by atoms with E-state index in [9.17, 15) is 4.79 Å². The van der Waals surface area contributed by atoms with E-state index in [1.54, 1.807) is 0 Å². The molecule has 1 saturated heterocycles. The fraction of sp³-hybridized carbons (Fsp3) is 0.875. The van der Waals surface area contributed by atoms with Crippen LogP contribution < -0.4 is 10.6 Å². The zero-order valence-corrected chi connectivity index (χ0v) is 7.59. The molecule has 0 bridgehead atoms. The van der Waals surface area contributed by atoms with Crippen LogP contribution in [0.2, 0.25) is 0 Å². The molecule has 12 heavy (non-hydrogen) atoms. The third kappa shape index (κ3) is 2.46. The number of carbonyl (C=O) groups is 1. The van der Waals surface area contributed by atoms with Crippen LogP contribution >= 0.6 is 0 Å². The van der Waals surface area contributed by atoms with Gasteiger partial charge in [0.15, 0.2) is 0 Å². The van der Waals surface area contributed by atoms with Gasteiger partial charge in [-0.3, -0.25) is 4.79 Å². The number of hydrogen-bond donors (Lipinski definition) is 2. The number of esters is 1. The van der Waals surface area contributed by atoms with Gasteiger partial charge in [0.2, 0.25) is 0 Å². The Morgan fingerprint density at radius 1 is 1.50 bits per heavy atom. The molecule has 0 spiro atoms. The van der Waals surface area contributed by atoms with Gasteiger partial charge in [-0.25, -0.2) is 0 Å². The molecule has 0 aromatic heterocycles. The highest BCUT2D eigenvalue weighted by Gasteiger charge is 2.23. The third-order valence-electron chi connectivity index (χ3n) is 1.91. The maximum atomic E-state index is 11.2. The fourth-order valence-electron chi connectivity index (χ4n) is 1.19. The molecule has 2 N–H and O–H groups in total. The molecule has 70 valence electrons. The van der Waals surface area contributed by atoms with Crippen LogP contribution in [-0.2, 0) is 9.53 Å². The molecule has 0 amide bonds. The molecule has 4 heteroatoms. The van der Waals surface area contributed by atoms with Gasteiger partial charge in [0.05, 0.1) is 6.61 Å². The Kier molecular flexibility index (Phi) is 3.49. The van der Waals surface area contributed by atoms with E-state index in [0.717, 1.165) is 6.54 Å². The Hall–Kier alpha value is -0.610. The largest absolute Gasteiger partial charge is 0.465 e. The van der Waals surface area contributed by atoms with Gasteiger partial charge in [-0.1, -0.05) is 0 Å². The molecule has 0 radical (unpaired) electrons. The maximum absolute atomic E-state index is 11.2. The Labute approximate surface area is 72.7 Å². The van der Waals surface area contributed by atoms with Crippen LogP contribution in [0.15, 0.2) is 0 Å². The van der Waals surface area contributed by atoms with Crippen molar-refractivity contribution in [3.05, 3.63) is 0 Å². The van der Waals surface area contributed by atoms with Crippen molar-refractivity contribution in [1.82, 2.24) is 10.6 Å². The molecule has 4 nitrogen and oxygen atoms in total. The summed E-state index contributed by atoms with van der Waals surface area (Å²) < 4.78 is 4.88. The van der Waals surface area contributed by atoms with E-state index in [1.165, 1.54) is 0 Å². The van der Waals surface area contributed by atoms with E-state index in [4.69, 9.17) is 4.74 Å². The van der Waals surface area contributed by atoms with Gasteiger partial charge in [0.1, 0.15) is 6.04 Å². The van der Waals surface area contributed by atoms with Crippen LogP contribution in [0, 0.1) is 0 Å². The van der Waals surface area contributed by atoms with Crippen molar-refractivity contribution in [1.29, 1.82) is 0 Å². The van der Waals surface area contributed by atoms with Crippen LogP contribution in [0.4, 0.5) is 0 Å². The Morgan fingerprint density at radius 3 is 2.75 bits per heavy atom.